The number of carbonyl (C=O) groups is 1. The molecule has 0 radical (unpaired) electrons. The third-order valence-electron chi connectivity index (χ3n) is 3.37. The van der Waals surface area contributed by atoms with E-state index in [-0.39, 0.29) is 6.61 Å². The molecule has 0 aliphatic rings. The molecule has 134 valence electrons. The van der Waals surface area contributed by atoms with Crippen molar-refractivity contribution in [2.45, 2.75) is 19.6 Å². The van der Waals surface area contributed by atoms with Crippen LogP contribution in [0.2, 0.25) is 0 Å². The van der Waals surface area contributed by atoms with Crippen molar-refractivity contribution in [2.75, 3.05) is 7.11 Å². The average molecular weight is 364 g/mol. The summed E-state index contributed by atoms with van der Waals surface area (Å²) in [4.78, 5) is 11.7. The molecule has 0 heterocycles. The number of ether oxygens (including phenoxy) is 2. The smallest absolute Gasteiger partial charge is 0.422 e. The first-order valence-electron chi connectivity index (χ1n) is 7.55. The van der Waals surface area contributed by atoms with E-state index in [1.165, 1.54) is 7.11 Å². The number of hydrogen-bond donors (Lipinski definition) is 2. The summed E-state index contributed by atoms with van der Waals surface area (Å²) in [7, 11) is -2.59. The lowest BCUT2D eigenvalue weighted by atomic mass is 10.1. The molecule has 0 aliphatic heterocycles. The van der Waals surface area contributed by atoms with E-state index < -0.39 is 22.3 Å². The van der Waals surface area contributed by atoms with Crippen molar-refractivity contribution in [2.24, 2.45) is 0 Å². The normalized spacial score (nSPS) is 12.2. The Bertz CT molecular complexity index is 809. The molecule has 1 amide bonds. The van der Waals surface area contributed by atoms with Gasteiger partial charge in [-0.05, 0) is 18.6 Å². The van der Waals surface area contributed by atoms with Crippen LogP contribution in [0, 0.1) is 0 Å². The van der Waals surface area contributed by atoms with Crippen molar-refractivity contribution in [3.8, 4) is 5.75 Å². The van der Waals surface area contributed by atoms with Crippen LogP contribution in [0.3, 0.4) is 0 Å². The predicted octanol–water partition coefficient (Wildman–Crippen LogP) is 2.52. The van der Waals surface area contributed by atoms with Crippen LogP contribution in [0.15, 0.2) is 54.6 Å². The molecule has 8 heteroatoms. The fourth-order valence-electron chi connectivity index (χ4n) is 2.21. The molecule has 0 saturated carbocycles. The van der Waals surface area contributed by atoms with Crippen LogP contribution in [-0.4, -0.2) is 21.6 Å². The van der Waals surface area contributed by atoms with E-state index in [0.717, 1.165) is 5.56 Å². The number of amides is 1. The minimum absolute atomic E-state index is 0.0236. The molecule has 2 N–H and O–H groups in total. The van der Waals surface area contributed by atoms with E-state index >= 15 is 0 Å². The van der Waals surface area contributed by atoms with E-state index in [2.05, 4.69) is 4.72 Å². The van der Waals surface area contributed by atoms with Gasteiger partial charge in [-0.1, -0.05) is 48.5 Å². The van der Waals surface area contributed by atoms with Crippen molar-refractivity contribution >= 4 is 16.3 Å². The van der Waals surface area contributed by atoms with E-state index in [0.29, 0.717) is 11.3 Å². The number of carbonyl (C=O) groups excluding carboxylic acids is 1. The Balaban J connectivity index is 1.93. The molecular weight excluding hydrogens is 344 g/mol. The number of benzene rings is 2. The first kappa shape index (κ1) is 18.8. The highest BCUT2D eigenvalue weighted by Crippen LogP contribution is 2.24. The fraction of sp³-hybridized carbons (Fsp3) is 0.235. The highest BCUT2D eigenvalue weighted by atomic mass is 32.2. The molecule has 0 aromatic heterocycles. The summed E-state index contributed by atoms with van der Waals surface area (Å²) in [5, 5.41) is 0. The van der Waals surface area contributed by atoms with Crippen molar-refractivity contribution in [1.82, 2.24) is 9.44 Å². The molecular formula is C17H20N2O5S. The topological polar surface area (TPSA) is 93.7 Å². The molecule has 0 spiro atoms. The second kappa shape index (κ2) is 8.50. The Morgan fingerprint density at radius 3 is 2.40 bits per heavy atom. The Labute approximate surface area is 147 Å². The molecule has 2 aromatic rings. The van der Waals surface area contributed by atoms with E-state index in [9.17, 15) is 13.2 Å². The molecule has 1 unspecified atom stereocenters. The first-order valence-corrected chi connectivity index (χ1v) is 9.03. The Morgan fingerprint density at radius 1 is 1.08 bits per heavy atom. The van der Waals surface area contributed by atoms with Gasteiger partial charge in [0.2, 0.25) is 0 Å². The lowest BCUT2D eigenvalue weighted by Crippen LogP contribution is -2.41. The zero-order valence-electron chi connectivity index (χ0n) is 13.9. The van der Waals surface area contributed by atoms with Crippen molar-refractivity contribution < 1.29 is 22.7 Å². The van der Waals surface area contributed by atoms with Crippen LogP contribution < -0.4 is 14.2 Å². The summed E-state index contributed by atoms with van der Waals surface area (Å²) in [5.74, 6) is 0.546. The molecule has 2 aromatic carbocycles. The summed E-state index contributed by atoms with van der Waals surface area (Å²) in [6.07, 6.45) is -1.05. The molecule has 0 aliphatic carbocycles. The Hall–Kier alpha value is -2.58. The molecule has 7 nitrogen and oxygen atoms in total. The van der Waals surface area contributed by atoms with E-state index in [4.69, 9.17) is 9.47 Å². The van der Waals surface area contributed by atoms with Crippen LogP contribution in [0.4, 0.5) is 4.79 Å². The van der Waals surface area contributed by atoms with Crippen LogP contribution in [0.25, 0.3) is 0 Å². The maximum Gasteiger partial charge on any atom is 0.422 e. The summed E-state index contributed by atoms with van der Waals surface area (Å²) in [6, 6.07) is 15.4. The minimum Gasteiger partial charge on any atom is -0.496 e. The number of rotatable bonds is 7. The number of para-hydroxylation sites is 1. The molecule has 0 bridgehead atoms. The standard InChI is InChI=1S/C17H20N2O5S/c1-13(15-10-6-7-11-16(15)23-2)18-25(21,22)19-17(20)24-12-14-8-4-3-5-9-14/h3-11,13,18H,12H2,1-2H3,(H,19,20). The van der Waals surface area contributed by atoms with Gasteiger partial charge >= 0.3 is 16.3 Å². The quantitative estimate of drug-likeness (QED) is 0.787. The molecule has 1 atom stereocenters. The van der Waals surface area contributed by atoms with Crippen molar-refractivity contribution in [3.63, 3.8) is 0 Å². The minimum atomic E-state index is -4.09. The van der Waals surface area contributed by atoms with Gasteiger partial charge in [-0.15, -0.1) is 0 Å². The largest absolute Gasteiger partial charge is 0.496 e. The van der Waals surface area contributed by atoms with Gasteiger partial charge in [-0.2, -0.15) is 13.1 Å². The highest BCUT2D eigenvalue weighted by molar-refractivity contribution is 7.88. The molecule has 25 heavy (non-hydrogen) atoms. The number of nitrogens with one attached hydrogen (secondary N) is 2. The molecule has 2 rings (SSSR count). The fourth-order valence-corrected chi connectivity index (χ4v) is 3.14. The maximum absolute atomic E-state index is 12.1. The average Bonchev–Trinajstić information content (AvgIpc) is 2.60. The van der Waals surface area contributed by atoms with Crippen LogP contribution in [0.5, 0.6) is 5.75 Å². The lowest BCUT2D eigenvalue weighted by Gasteiger charge is -2.17. The zero-order valence-corrected chi connectivity index (χ0v) is 14.7. The van der Waals surface area contributed by atoms with Gasteiger partial charge < -0.3 is 9.47 Å². The second-order valence-corrected chi connectivity index (χ2v) is 6.70. The molecule has 0 saturated heterocycles. The monoisotopic (exact) mass is 364 g/mol. The van der Waals surface area contributed by atoms with E-state index in [1.807, 2.05) is 10.8 Å². The first-order chi connectivity index (χ1) is 11.9. The summed E-state index contributed by atoms with van der Waals surface area (Å²) in [5.41, 5.74) is 1.40. The molecule has 0 fully saturated rings. The van der Waals surface area contributed by atoms with Gasteiger partial charge in [0.15, 0.2) is 0 Å². The van der Waals surface area contributed by atoms with Crippen LogP contribution in [0.1, 0.15) is 24.1 Å². The number of hydrogen-bond acceptors (Lipinski definition) is 5. The van der Waals surface area contributed by atoms with Crippen molar-refractivity contribution in [1.29, 1.82) is 0 Å². The zero-order chi connectivity index (χ0) is 18.3. The van der Waals surface area contributed by atoms with Gasteiger partial charge in [0, 0.05) is 11.6 Å². The summed E-state index contributed by atoms with van der Waals surface area (Å²) < 4.78 is 38.4. The number of methoxy groups -OCH3 is 1. The van der Waals surface area contributed by atoms with Crippen LogP contribution >= 0.6 is 0 Å². The van der Waals surface area contributed by atoms with Gasteiger partial charge in [0.05, 0.1) is 7.11 Å². The van der Waals surface area contributed by atoms with Gasteiger partial charge in [0.1, 0.15) is 12.4 Å². The predicted molar refractivity (Wildman–Crippen MR) is 93.2 cm³/mol. The Kier molecular flexibility index (Phi) is 6.37. The highest BCUT2D eigenvalue weighted by Gasteiger charge is 2.21. The van der Waals surface area contributed by atoms with Gasteiger partial charge in [-0.25, -0.2) is 9.52 Å². The third-order valence-corrected chi connectivity index (χ3v) is 4.47. The van der Waals surface area contributed by atoms with E-state index in [1.54, 1.807) is 55.5 Å². The SMILES string of the molecule is COc1ccccc1C(C)NS(=O)(=O)NC(=O)OCc1ccccc1. The summed E-state index contributed by atoms with van der Waals surface area (Å²) >= 11 is 0. The van der Waals surface area contributed by atoms with Crippen LogP contribution in [-0.2, 0) is 21.6 Å². The second-order valence-electron chi connectivity index (χ2n) is 5.25. The van der Waals surface area contributed by atoms with Crippen molar-refractivity contribution in [3.05, 3.63) is 65.7 Å². The summed E-state index contributed by atoms with van der Waals surface area (Å²) in [6.45, 7) is 1.62. The maximum atomic E-state index is 12.1. The third kappa shape index (κ3) is 5.77. The van der Waals surface area contributed by atoms with Gasteiger partial charge in [0.25, 0.3) is 0 Å². The Morgan fingerprint density at radius 2 is 1.72 bits per heavy atom. The lowest BCUT2D eigenvalue weighted by molar-refractivity contribution is 0.146. The van der Waals surface area contributed by atoms with Gasteiger partial charge in [-0.3, -0.25) is 0 Å².